The molecule has 2 rings (SSSR count). The molecule has 1 N–H and O–H groups in total. The van der Waals surface area contributed by atoms with E-state index in [2.05, 4.69) is 5.32 Å². The number of carbonyl (C=O) groups excluding carboxylic acids is 1. The largest absolute Gasteiger partial charge is 0.349 e. The molecule has 0 aliphatic carbocycles. The van der Waals surface area contributed by atoms with Gasteiger partial charge in [0.2, 0.25) is 5.91 Å². The number of benzene rings is 1. The fourth-order valence-corrected chi connectivity index (χ4v) is 3.06. The van der Waals surface area contributed by atoms with E-state index in [0.717, 1.165) is 10.4 Å². The predicted molar refractivity (Wildman–Crippen MR) is 85.7 cm³/mol. The molecule has 0 saturated heterocycles. The Morgan fingerprint density at radius 1 is 1.30 bits per heavy atom. The molecule has 5 heteroatoms. The number of halogens is 2. The zero-order valence-corrected chi connectivity index (χ0v) is 13.4. The Morgan fingerprint density at radius 2 is 2.10 bits per heavy atom. The van der Waals surface area contributed by atoms with Crippen molar-refractivity contribution in [3.05, 3.63) is 56.2 Å². The summed E-state index contributed by atoms with van der Waals surface area (Å²) in [5, 5.41) is 6.05. The summed E-state index contributed by atoms with van der Waals surface area (Å²) in [6, 6.07) is 9.52. The van der Waals surface area contributed by atoms with E-state index in [1.165, 1.54) is 0 Å². The summed E-state index contributed by atoms with van der Waals surface area (Å²) in [6.07, 6.45) is 0.984. The highest BCUT2D eigenvalue weighted by Gasteiger charge is 2.11. The quantitative estimate of drug-likeness (QED) is 0.834. The first-order valence-electron chi connectivity index (χ1n) is 6.33. The Kier molecular flexibility index (Phi) is 5.46. The van der Waals surface area contributed by atoms with Crippen LogP contribution in [-0.2, 0) is 11.2 Å². The van der Waals surface area contributed by atoms with Crippen molar-refractivity contribution in [1.29, 1.82) is 0 Å². The average Bonchev–Trinajstić information content (AvgIpc) is 2.94. The highest BCUT2D eigenvalue weighted by atomic mass is 35.5. The lowest BCUT2D eigenvalue weighted by atomic mass is 10.1. The van der Waals surface area contributed by atoms with Crippen LogP contribution in [-0.4, -0.2) is 5.91 Å². The Labute approximate surface area is 132 Å². The minimum atomic E-state index is 0.0157. The third kappa shape index (κ3) is 3.98. The molecule has 106 valence electrons. The molecule has 1 aromatic carbocycles. The van der Waals surface area contributed by atoms with Crippen LogP contribution in [0.1, 0.15) is 29.8 Å². The minimum Gasteiger partial charge on any atom is -0.349 e. The van der Waals surface area contributed by atoms with Crippen molar-refractivity contribution in [3.8, 4) is 0 Å². The molecule has 0 unspecified atom stereocenters. The Bertz CT molecular complexity index is 584. The van der Waals surface area contributed by atoms with Crippen LogP contribution in [0.3, 0.4) is 0 Å². The van der Waals surface area contributed by atoms with E-state index < -0.39 is 0 Å². The Morgan fingerprint density at radius 3 is 2.80 bits per heavy atom. The first-order valence-corrected chi connectivity index (χ1v) is 7.97. The summed E-state index contributed by atoms with van der Waals surface area (Å²) >= 11 is 13.7. The molecular weight excluding hydrogens is 313 g/mol. The van der Waals surface area contributed by atoms with Gasteiger partial charge in [-0.25, -0.2) is 0 Å². The van der Waals surface area contributed by atoms with Gasteiger partial charge in [0.05, 0.1) is 16.1 Å². The fourth-order valence-electron chi connectivity index (χ4n) is 1.91. The second kappa shape index (κ2) is 7.11. The fraction of sp³-hybridized carbons (Fsp3) is 0.267. The zero-order valence-electron chi connectivity index (χ0n) is 11.0. The topological polar surface area (TPSA) is 29.1 Å². The molecule has 1 heterocycles. The SMILES string of the molecule is C[C@@H](NC(=O)CCc1cccc(Cl)c1Cl)c1cccs1. The minimum absolute atomic E-state index is 0.0157. The first kappa shape index (κ1) is 15.4. The Balaban J connectivity index is 1.88. The van der Waals surface area contributed by atoms with Gasteiger partial charge in [-0.05, 0) is 36.4 Å². The van der Waals surface area contributed by atoms with Crippen molar-refractivity contribution >= 4 is 40.4 Å². The Hall–Kier alpha value is -1.03. The maximum atomic E-state index is 11.9. The van der Waals surface area contributed by atoms with Crippen LogP contribution in [0.15, 0.2) is 35.7 Å². The van der Waals surface area contributed by atoms with E-state index in [0.29, 0.717) is 22.9 Å². The number of hydrogen-bond donors (Lipinski definition) is 1. The predicted octanol–water partition coefficient (Wildman–Crippen LogP) is 4.86. The molecule has 1 atom stereocenters. The third-order valence-corrected chi connectivity index (χ3v) is 4.91. The molecule has 20 heavy (non-hydrogen) atoms. The summed E-state index contributed by atoms with van der Waals surface area (Å²) < 4.78 is 0. The van der Waals surface area contributed by atoms with Gasteiger partial charge in [-0.2, -0.15) is 0 Å². The second-order valence-electron chi connectivity index (χ2n) is 4.52. The first-order chi connectivity index (χ1) is 9.58. The van der Waals surface area contributed by atoms with E-state index in [4.69, 9.17) is 23.2 Å². The summed E-state index contributed by atoms with van der Waals surface area (Å²) in [7, 11) is 0. The van der Waals surface area contributed by atoms with Crippen molar-refractivity contribution in [1.82, 2.24) is 5.32 Å². The molecule has 0 radical (unpaired) electrons. The number of hydrogen-bond acceptors (Lipinski definition) is 2. The molecule has 0 aliphatic heterocycles. The molecule has 0 fully saturated rings. The molecule has 0 bridgehead atoms. The van der Waals surface area contributed by atoms with Gasteiger partial charge in [0.15, 0.2) is 0 Å². The molecule has 0 saturated carbocycles. The molecule has 2 nitrogen and oxygen atoms in total. The van der Waals surface area contributed by atoms with E-state index in [9.17, 15) is 4.79 Å². The summed E-state index contributed by atoms with van der Waals surface area (Å²) in [5.74, 6) is 0.0157. The van der Waals surface area contributed by atoms with Crippen molar-refractivity contribution in [2.24, 2.45) is 0 Å². The lowest BCUT2D eigenvalue weighted by Crippen LogP contribution is -2.26. The highest BCUT2D eigenvalue weighted by molar-refractivity contribution is 7.10. The van der Waals surface area contributed by atoms with Crippen LogP contribution in [0.25, 0.3) is 0 Å². The van der Waals surface area contributed by atoms with Crippen LogP contribution in [0, 0.1) is 0 Å². The summed E-state index contributed by atoms with van der Waals surface area (Å²) in [5.41, 5.74) is 0.901. The molecular formula is C15H15Cl2NOS. The molecule has 2 aromatic rings. The molecule has 0 aliphatic rings. The lowest BCUT2D eigenvalue weighted by molar-refractivity contribution is -0.121. The van der Waals surface area contributed by atoms with E-state index in [-0.39, 0.29) is 11.9 Å². The maximum Gasteiger partial charge on any atom is 0.220 e. The van der Waals surface area contributed by atoms with E-state index in [1.54, 1.807) is 17.4 Å². The number of thiophene rings is 1. The molecule has 0 spiro atoms. The van der Waals surface area contributed by atoms with Crippen LogP contribution in [0.5, 0.6) is 0 Å². The highest BCUT2D eigenvalue weighted by Crippen LogP contribution is 2.26. The smallest absolute Gasteiger partial charge is 0.220 e. The van der Waals surface area contributed by atoms with Crippen molar-refractivity contribution < 1.29 is 4.79 Å². The summed E-state index contributed by atoms with van der Waals surface area (Å²) in [4.78, 5) is 13.1. The second-order valence-corrected chi connectivity index (χ2v) is 6.28. The van der Waals surface area contributed by atoms with Gasteiger partial charge >= 0.3 is 0 Å². The van der Waals surface area contributed by atoms with Crippen molar-refractivity contribution in [2.45, 2.75) is 25.8 Å². The number of nitrogens with one attached hydrogen (secondary N) is 1. The van der Waals surface area contributed by atoms with Gasteiger partial charge in [-0.15, -0.1) is 11.3 Å². The van der Waals surface area contributed by atoms with E-state index in [1.807, 2.05) is 36.6 Å². The molecule has 1 aromatic heterocycles. The number of carbonyl (C=O) groups is 1. The summed E-state index contributed by atoms with van der Waals surface area (Å²) in [6.45, 7) is 1.98. The van der Waals surface area contributed by atoms with Gasteiger partial charge in [-0.1, -0.05) is 41.4 Å². The van der Waals surface area contributed by atoms with Crippen LogP contribution in [0.4, 0.5) is 0 Å². The standard InChI is InChI=1S/C15H15Cl2NOS/c1-10(13-6-3-9-20-13)18-14(19)8-7-11-4-2-5-12(16)15(11)17/h2-6,9-10H,7-8H2,1H3,(H,18,19)/t10-/m1/s1. The van der Waals surface area contributed by atoms with Gasteiger partial charge in [0, 0.05) is 11.3 Å². The van der Waals surface area contributed by atoms with Crippen LogP contribution in [0.2, 0.25) is 10.0 Å². The molecule has 1 amide bonds. The van der Waals surface area contributed by atoms with Gasteiger partial charge < -0.3 is 5.32 Å². The van der Waals surface area contributed by atoms with Gasteiger partial charge in [-0.3, -0.25) is 4.79 Å². The van der Waals surface area contributed by atoms with Crippen LogP contribution < -0.4 is 5.32 Å². The number of amides is 1. The van der Waals surface area contributed by atoms with Crippen molar-refractivity contribution in [2.75, 3.05) is 0 Å². The van der Waals surface area contributed by atoms with Crippen molar-refractivity contribution in [3.63, 3.8) is 0 Å². The average molecular weight is 328 g/mol. The van der Waals surface area contributed by atoms with Crippen LogP contribution >= 0.6 is 34.5 Å². The maximum absolute atomic E-state index is 11.9. The number of rotatable bonds is 5. The normalized spacial score (nSPS) is 12.2. The number of aryl methyl sites for hydroxylation is 1. The lowest BCUT2D eigenvalue weighted by Gasteiger charge is -2.12. The monoisotopic (exact) mass is 327 g/mol. The van der Waals surface area contributed by atoms with Gasteiger partial charge in [0.25, 0.3) is 0 Å². The zero-order chi connectivity index (χ0) is 14.5. The van der Waals surface area contributed by atoms with Gasteiger partial charge in [0.1, 0.15) is 0 Å². The van der Waals surface area contributed by atoms with E-state index >= 15 is 0 Å². The third-order valence-electron chi connectivity index (χ3n) is 3.00.